The van der Waals surface area contributed by atoms with Gasteiger partial charge in [-0.25, -0.2) is 0 Å². The van der Waals surface area contributed by atoms with Crippen molar-refractivity contribution in [3.63, 3.8) is 0 Å². The fourth-order valence-electron chi connectivity index (χ4n) is 2.80. The van der Waals surface area contributed by atoms with E-state index in [1.807, 2.05) is 36.4 Å². The molecule has 1 aliphatic rings. The van der Waals surface area contributed by atoms with Crippen molar-refractivity contribution in [3.05, 3.63) is 48.0 Å². The first kappa shape index (κ1) is 14.1. The second kappa shape index (κ2) is 5.62. The maximum atomic E-state index is 12.6. The molecule has 5 nitrogen and oxygen atoms in total. The van der Waals surface area contributed by atoms with Crippen LogP contribution < -0.4 is 10.1 Å². The number of rotatable bonds is 3. The Morgan fingerprint density at radius 1 is 1.35 bits per heavy atom. The molecule has 0 radical (unpaired) electrons. The molecule has 1 atom stereocenters. The normalized spacial score (nSPS) is 16.3. The molecule has 0 saturated heterocycles. The van der Waals surface area contributed by atoms with Crippen LogP contribution in [-0.2, 0) is 4.79 Å². The van der Waals surface area contributed by atoms with E-state index in [0.717, 1.165) is 28.0 Å². The lowest BCUT2D eigenvalue weighted by Crippen LogP contribution is -2.21. The van der Waals surface area contributed by atoms with E-state index < -0.39 is 0 Å². The highest BCUT2D eigenvalue weighted by Gasteiger charge is 2.29. The molecule has 0 aliphatic carbocycles. The predicted octanol–water partition coefficient (Wildman–Crippen LogP) is 3.40. The van der Waals surface area contributed by atoms with Gasteiger partial charge in [-0.3, -0.25) is 9.89 Å². The molecule has 1 amide bonds. The van der Waals surface area contributed by atoms with Gasteiger partial charge in [0, 0.05) is 22.1 Å². The number of amides is 1. The Bertz CT molecular complexity index is 890. The number of benzene rings is 2. The summed E-state index contributed by atoms with van der Waals surface area (Å²) in [7, 11) is 1.62. The van der Waals surface area contributed by atoms with E-state index in [0.29, 0.717) is 5.82 Å². The quantitative estimate of drug-likeness (QED) is 0.774. The molecular formula is C17H15N3O2S. The zero-order valence-electron chi connectivity index (χ0n) is 12.5. The van der Waals surface area contributed by atoms with Gasteiger partial charge in [0.25, 0.3) is 0 Å². The summed E-state index contributed by atoms with van der Waals surface area (Å²) < 4.78 is 5.20. The van der Waals surface area contributed by atoms with Crippen LogP contribution in [0.1, 0.15) is 11.5 Å². The number of aromatic nitrogens is 2. The van der Waals surface area contributed by atoms with Gasteiger partial charge in [0.1, 0.15) is 5.75 Å². The Balaban J connectivity index is 1.60. The fourth-order valence-corrected chi connectivity index (χ4v) is 4.03. The van der Waals surface area contributed by atoms with Crippen molar-refractivity contribution in [2.45, 2.75) is 10.8 Å². The van der Waals surface area contributed by atoms with Gasteiger partial charge in [0.05, 0.1) is 18.5 Å². The van der Waals surface area contributed by atoms with Crippen LogP contribution in [0, 0.1) is 0 Å². The van der Waals surface area contributed by atoms with Gasteiger partial charge < -0.3 is 10.1 Å². The van der Waals surface area contributed by atoms with Gasteiger partial charge in [-0.15, -0.1) is 11.8 Å². The first-order chi connectivity index (χ1) is 11.3. The standard InChI is InChI=1S/C17H15N3O2S/c1-22-10-6-7-12-14(8-10)19-20-16(12)18-17(21)13-9-23-15-5-3-2-4-11(13)15/h2-8,13H,9H2,1H3,(H2,18,19,20,21). The Labute approximate surface area is 137 Å². The summed E-state index contributed by atoms with van der Waals surface area (Å²) >= 11 is 1.72. The number of carbonyl (C=O) groups is 1. The molecule has 2 aromatic carbocycles. The number of thioether (sulfide) groups is 1. The summed E-state index contributed by atoms with van der Waals surface area (Å²) in [6, 6.07) is 13.7. The number of hydrogen-bond acceptors (Lipinski definition) is 4. The van der Waals surface area contributed by atoms with E-state index in [2.05, 4.69) is 21.6 Å². The second-order valence-electron chi connectivity index (χ2n) is 5.37. The first-order valence-corrected chi connectivity index (χ1v) is 8.29. The average Bonchev–Trinajstić information content (AvgIpc) is 3.18. The third-order valence-electron chi connectivity index (χ3n) is 4.03. The highest BCUT2D eigenvalue weighted by atomic mass is 32.2. The molecule has 0 fully saturated rings. The molecule has 0 spiro atoms. The van der Waals surface area contributed by atoms with Crippen LogP contribution in [0.3, 0.4) is 0 Å². The van der Waals surface area contributed by atoms with Crippen LogP contribution in [0.15, 0.2) is 47.4 Å². The highest BCUT2D eigenvalue weighted by molar-refractivity contribution is 7.99. The second-order valence-corrected chi connectivity index (χ2v) is 6.44. The van der Waals surface area contributed by atoms with Crippen LogP contribution >= 0.6 is 11.8 Å². The summed E-state index contributed by atoms with van der Waals surface area (Å²) in [6.45, 7) is 0. The summed E-state index contributed by atoms with van der Waals surface area (Å²) in [4.78, 5) is 13.8. The number of nitrogens with zero attached hydrogens (tertiary/aromatic N) is 1. The Morgan fingerprint density at radius 2 is 2.22 bits per heavy atom. The summed E-state index contributed by atoms with van der Waals surface area (Å²) in [5.74, 6) is 1.91. The lowest BCUT2D eigenvalue weighted by atomic mass is 10.0. The van der Waals surface area contributed by atoms with Gasteiger partial charge in [-0.05, 0) is 23.8 Å². The van der Waals surface area contributed by atoms with Crippen molar-refractivity contribution in [2.24, 2.45) is 0 Å². The zero-order chi connectivity index (χ0) is 15.8. The van der Waals surface area contributed by atoms with E-state index >= 15 is 0 Å². The zero-order valence-corrected chi connectivity index (χ0v) is 13.3. The smallest absolute Gasteiger partial charge is 0.234 e. The maximum absolute atomic E-state index is 12.6. The van der Waals surface area contributed by atoms with Crippen LogP contribution in [0.4, 0.5) is 5.82 Å². The van der Waals surface area contributed by atoms with Crippen LogP contribution in [0.5, 0.6) is 5.75 Å². The van der Waals surface area contributed by atoms with Crippen molar-refractivity contribution in [1.29, 1.82) is 0 Å². The van der Waals surface area contributed by atoms with Gasteiger partial charge in [-0.1, -0.05) is 18.2 Å². The molecule has 2 heterocycles. The van der Waals surface area contributed by atoms with E-state index in [1.165, 1.54) is 4.90 Å². The van der Waals surface area contributed by atoms with Crippen molar-refractivity contribution < 1.29 is 9.53 Å². The number of carbonyl (C=O) groups excluding carboxylic acids is 1. The minimum atomic E-state index is -0.138. The monoisotopic (exact) mass is 325 g/mol. The minimum Gasteiger partial charge on any atom is -0.497 e. The van der Waals surface area contributed by atoms with Crippen LogP contribution in [0.25, 0.3) is 10.9 Å². The number of anilines is 1. The molecular weight excluding hydrogens is 310 g/mol. The van der Waals surface area contributed by atoms with Gasteiger partial charge >= 0.3 is 0 Å². The Hall–Kier alpha value is -2.47. The minimum absolute atomic E-state index is 0.0216. The van der Waals surface area contributed by atoms with E-state index in [-0.39, 0.29) is 11.8 Å². The summed E-state index contributed by atoms with van der Waals surface area (Å²) in [6.07, 6.45) is 0. The third kappa shape index (κ3) is 2.45. The number of hydrogen-bond donors (Lipinski definition) is 2. The number of ether oxygens (including phenoxy) is 1. The summed E-state index contributed by atoms with van der Waals surface area (Å²) in [5, 5.41) is 11.0. The molecule has 6 heteroatoms. The van der Waals surface area contributed by atoms with Crippen molar-refractivity contribution in [2.75, 3.05) is 18.2 Å². The van der Waals surface area contributed by atoms with Crippen LogP contribution in [0.2, 0.25) is 0 Å². The number of methoxy groups -OCH3 is 1. The average molecular weight is 325 g/mol. The van der Waals surface area contributed by atoms with Gasteiger partial charge in [0.15, 0.2) is 5.82 Å². The van der Waals surface area contributed by atoms with Gasteiger partial charge in [-0.2, -0.15) is 5.10 Å². The summed E-state index contributed by atoms with van der Waals surface area (Å²) in [5.41, 5.74) is 1.93. The largest absolute Gasteiger partial charge is 0.497 e. The molecule has 1 aliphatic heterocycles. The SMILES string of the molecule is COc1ccc2c(NC(=O)C3CSc4ccccc43)n[nH]c2c1. The van der Waals surface area contributed by atoms with E-state index in [9.17, 15) is 4.79 Å². The topological polar surface area (TPSA) is 67.0 Å². The lowest BCUT2D eigenvalue weighted by Gasteiger charge is -2.10. The Morgan fingerprint density at radius 3 is 3.09 bits per heavy atom. The van der Waals surface area contributed by atoms with E-state index in [1.54, 1.807) is 18.9 Å². The predicted molar refractivity (Wildman–Crippen MR) is 91.2 cm³/mol. The van der Waals surface area contributed by atoms with Crippen molar-refractivity contribution in [3.8, 4) is 5.75 Å². The molecule has 1 aromatic heterocycles. The number of aromatic amines is 1. The maximum Gasteiger partial charge on any atom is 0.234 e. The van der Waals surface area contributed by atoms with Gasteiger partial charge in [0.2, 0.25) is 5.91 Å². The third-order valence-corrected chi connectivity index (χ3v) is 5.21. The molecule has 23 heavy (non-hydrogen) atoms. The first-order valence-electron chi connectivity index (χ1n) is 7.31. The number of nitrogens with one attached hydrogen (secondary N) is 2. The Kier molecular flexibility index (Phi) is 3.46. The molecule has 116 valence electrons. The fraction of sp³-hybridized carbons (Fsp3) is 0.176. The number of fused-ring (bicyclic) bond motifs is 2. The molecule has 4 rings (SSSR count). The molecule has 3 aromatic rings. The lowest BCUT2D eigenvalue weighted by molar-refractivity contribution is -0.117. The van der Waals surface area contributed by atoms with Crippen molar-refractivity contribution >= 4 is 34.4 Å². The highest BCUT2D eigenvalue weighted by Crippen LogP contribution is 2.40. The molecule has 1 unspecified atom stereocenters. The molecule has 0 saturated carbocycles. The molecule has 0 bridgehead atoms. The number of H-pyrrole nitrogens is 1. The van der Waals surface area contributed by atoms with E-state index in [4.69, 9.17) is 4.74 Å². The van der Waals surface area contributed by atoms with Crippen molar-refractivity contribution in [1.82, 2.24) is 10.2 Å². The van der Waals surface area contributed by atoms with Crippen LogP contribution in [-0.4, -0.2) is 29.0 Å². The molecule has 2 N–H and O–H groups in total.